The smallest absolute Gasteiger partial charge is 0.324 e. The van der Waals surface area contributed by atoms with Crippen molar-refractivity contribution in [2.75, 3.05) is 25.0 Å². The van der Waals surface area contributed by atoms with E-state index in [2.05, 4.69) is 27.5 Å². The van der Waals surface area contributed by atoms with Gasteiger partial charge in [0.15, 0.2) is 0 Å². The van der Waals surface area contributed by atoms with Crippen molar-refractivity contribution in [1.29, 1.82) is 0 Å². The number of likely N-dealkylation sites (tertiary alicyclic amines) is 1. The number of aromatic nitrogens is 4. The van der Waals surface area contributed by atoms with Gasteiger partial charge in [-0.15, -0.1) is 5.10 Å². The predicted molar refractivity (Wildman–Crippen MR) is 124 cm³/mol. The highest BCUT2D eigenvalue weighted by molar-refractivity contribution is 6.30. The van der Waals surface area contributed by atoms with Crippen LogP contribution in [0, 0.1) is 0 Å². The number of carbonyl (C=O) groups is 1. The Morgan fingerprint density at radius 1 is 1.24 bits per heavy atom. The second-order valence-electron chi connectivity index (χ2n) is 8.74. The Morgan fingerprint density at radius 3 is 2.76 bits per heavy atom. The van der Waals surface area contributed by atoms with Crippen LogP contribution in [0.2, 0.25) is 5.02 Å². The molecule has 2 fully saturated rings. The number of hydrogen-bond donors (Lipinski definition) is 1. The lowest BCUT2D eigenvalue weighted by Gasteiger charge is -2.38. The minimum Gasteiger partial charge on any atom is -0.439 e. The summed E-state index contributed by atoms with van der Waals surface area (Å²) in [7, 11) is 3.68. The highest BCUT2D eigenvalue weighted by Gasteiger charge is 2.44. The number of piperidine rings is 1. The molecule has 2 amide bonds. The van der Waals surface area contributed by atoms with Crippen LogP contribution in [0.4, 0.5) is 10.7 Å². The van der Waals surface area contributed by atoms with Gasteiger partial charge in [0.1, 0.15) is 5.75 Å². The maximum absolute atomic E-state index is 12.6. The van der Waals surface area contributed by atoms with Gasteiger partial charge in [0.25, 0.3) is 0 Å². The molecule has 0 bridgehead atoms. The van der Waals surface area contributed by atoms with E-state index >= 15 is 0 Å². The standard InChI is InChI=1S/C23H27ClN6O3/c1-28-21(27-29(28)2)26-22(31)30-10-8-23(9-11-30)13-17(15-32-23)16-4-3-5-19(12-16)33-20-7-6-18(24)14-25-20/h3-7,12,14,17H,8-11,13,15H2,1-2H3,(H,26,27,31)/t17-/m0/s1. The first kappa shape index (κ1) is 21.8. The van der Waals surface area contributed by atoms with Crippen LogP contribution in [0.25, 0.3) is 0 Å². The number of rotatable bonds is 4. The van der Waals surface area contributed by atoms with Crippen LogP contribution in [0.1, 0.15) is 30.7 Å². The minimum absolute atomic E-state index is 0.112. The van der Waals surface area contributed by atoms with Gasteiger partial charge in [0.05, 0.1) is 17.2 Å². The number of carbonyl (C=O) groups excluding carboxylic acids is 1. The largest absolute Gasteiger partial charge is 0.439 e. The summed E-state index contributed by atoms with van der Waals surface area (Å²) < 4.78 is 14.0. The lowest BCUT2D eigenvalue weighted by Crippen LogP contribution is -2.48. The first-order chi connectivity index (χ1) is 15.9. The maximum atomic E-state index is 12.6. The van der Waals surface area contributed by atoms with Crippen molar-refractivity contribution >= 4 is 23.6 Å². The van der Waals surface area contributed by atoms with Crippen LogP contribution in [0.15, 0.2) is 42.6 Å². The van der Waals surface area contributed by atoms with Crippen molar-refractivity contribution in [2.24, 2.45) is 14.1 Å². The third kappa shape index (κ3) is 4.56. The van der Waals surface area contributed by atoms with Crippen LogP contribution in [-0.2, 0) is 18.8 Å². The zero-order valence-corrected chi connectivity index (χ0v) is 19.5. The van der Waals surface area contributed by atoms with Crippen LogP contribution in [-0.4, -0.2) is 55.8 Å². The lowest BCUT2D eigenvalue weighted by molar-refractivity contribution is -0.0355. The number of ether oxygens (including phenoxy) is 2. The zero-order chi connectivity index (χ0) is 23.0. The molecule has 174 valence electrons. The molecule has 33 heavy (non-hydrogen) atoms. The number of hydrogen-bond acceptors (Lipinski definition) is 5. The molecule has 4 heterocycles. The number of pyridine rings is 1. The molecule has 10 heteroatoms. The average Bonchev–Trinajstić information content (AvgIpc) is 3.24. The third-order valence-corrected chi connectivity index (χ3v) is 6.85. The van der Waals surface area contributed by atoms with Crippen molar-refractivity contribution in [3.63, 3.8) is 0 Å². The Bertz CT molecular complexity index is 1130. The first-order valence-corrected chi connectivity index (χ1v) is 11.4. The van der Waals surface area contributed by atoms with E-state index in [4.69, 9.17) is 21.1 Å². The maximum Gasteiger partial charge on any atom is 0.324 e. The molecule has 5 rings (SSSR count). The molecular formula is C23H27ClN6O3. The van der Waals surface area contributed by atoms with Gasteiger partial charge in [-0.1, -0.05) is 23.7 Å². The van der Waals surface area contributed by atoms with Gasteiger partial charge in [0, 0.05) is 45.4 Å². The van der Waals surface area contributed by atoms with E-state index in [0.29, 0.717) is 42.5 Å². The second kappa shape index (κ2) is 8.72. The highest BCUT2D eigenvalue weighted by atomic mass is 35.5. The minimum atomic E-state index is -0.180. The topological polar surface area (TPSA) is 86.4 Å². The number of amides is 2. The fraction of sp³-hybridized carbons (Fsp3) is 0.435. The number of anilines is 1. The molecule has 3 aromatic rings. The fourth-order valence-electron chi connectivity index (χ4n) is 4.55. The van der Waals surface area contributed by atoms with Crippen molar-refractivity contribution < 1.29 is 14.3 Å². The van der Waals surface area contributed by atoms with Gasteiger partial charge in [-0.05, 0) is 43.0 Å². The van der Waals surface area contributed by atoms with Crippen LogP contribution < -0.4 is 10.1 Å². The molecule has 2 aromatic heterocycles. The van der Waals surface area contributed by atoms with E-state index in [1.165, 1.54) is 5.56 Å². The number of urea groups is 1. The average molecular weight is 471 g/mol. The summed E-state index contributed by atoms with van der Waals surface area (Å²) in [6, 6.07) is 11.5. The number of benzene rings is 1. The zero-order valence-electron chi connectivity index (χ0n) is 18.7. The van der Waals surface area contributed by atoms with E-state index in [9.17, 15) is 4.79 Å². The Kier molecular flexibility index (Phi) is 5.76. The number of nitrogens with zero attached hydrogens (tertiary/aromatic N) is 5. The van der Waals surface area contributed by atoms with E-state index in [-0.39, 0.29) is 11.6 Å². The van der Waals surface area contributed by atoms with Gasteiger partial charge in [-0.3, -0.25) is 5.32 Å². The molecule has 0 aliphatic carbocycles. The van der Waals surface area contributed by atoms with Crippen molar-refractivity contribution in [1.82, 2.24) is 24.5 Å². The summed E-state index contributed by atoms with van der Waals surface area (Å²) in [6.07, 6.45) is 4.15. The molecule has 1 spiro atoms. The van der Waals surface area contributed by atoms with Crippen molar-refractivity contribution in [3.8, 4) is 11.6 Å². The molecular weight excluding hydrogens is 444 g/mol. The molecule has 1 N–H and O–H groups in total. The van der Waals surface area contributed by atoms with Crippen molar-refractivity contribution in [3.05, 3.63) is 53.2 Å². The molecule has 0 saturated carbocycles. The summed E-state index contributed by atoms with van der Waals surface area (Å²) in [5, 5.41) is 7.60. The monoisotopic (exact) mass is 470 g/mol. The summed E-state index contributed by atoms with van der Waals surface area (Å²) in [5.74, 6) is 2.10. The molecule has 1 aromatic carbocycles. The molecule has 0 unspecified atom stereocenters. The van der Waals surface area contributed by atoms with Crippen molar-refractivity contribution in [2.45, 2.75) is 30.8 Å². The Morgan fingerprint density at radius 2 is 2.06 bits per heavy atom. The van der Waals surface area contributed by atoms with Crippen LogP contribution in [0.3, 0.4) is 0 Å². The number of nitrogens with one attached hydrogen (secondary N) is 1. The van der Waals surface area contributed by atoms with Gasteiger partial charge in [-0.2, -0.15) is 0 Å². The molecule has 2 aliphatic heterocycles. The van der Waals surface area contributed by atoms with Crippen LogP contribution >= 0.6 is 11.6 Å². The Hall–Kier alpha value is -3.04. The predicted octanol–water partition coefficient (Wildman–Crippen LogP) is 4.17. The van der Waals surface area contributed by atoms with Gasteiger partial charge in [0.2, 0.25) is 11.8 Å². The Labute approximate surface area is 197 Å². The molecule has 9 nitrogen and oxygen atoms in total. The summed E-state index contributed by atoms with van der Waals surface area (Å²) in [4.78, 5) is 20.3. The van der Waals surface area contributed by atoms with Gasteiger partial charge < -0.3 is 14.4 Å². The molecule has 2 saturated heterocycles. The van der Waals surface area contributed by atoms with Gasteiger partial charge in [-0.25, -0.2) is 19.3 Å². The van der Waals surface area contributed by atoms with Crippen LogP contribution in [0.5, 0.6) is 11.6 Å². The number of halogens is 1. The van der Waals surface area contributed by atoms with Gasteiger partial charge >= 0.3 is 6.03 Å². The fourth-order valence-corrected chi connectivity index (χ4v) is 4.66. The summed E-state index contributed by atoms with van der Waals surface area (Å²) in [6.45, 7) is 2.00. The summed E-state index contributed by atoms with van der Waals surface area (Å²) >= 11 is 5.90. The normalized spacial score (nSPS) is 19.7. The van der Waals surface area contributed by atoms with E-state index in [1.807, 2.05) is 31.1 Å². The van der Waals surface area contributed by atoms with E-state index in [0.717, 1.165) is 25.0 Å². The Balaban J connectivity index is 1.18. The lowest BCUT2D eigenvalue weighted by atomic mass is 9.83. The van der Waals surface area contributed by atoms with E-state index in [1.54, 1.807) is 27.8 Å². The second-order valence-corrected chi connectivity index (χ2v) is 9.17. The third-order valence-electron chi connectivity index (χ3n) is 6.62. The van der Waals surface area contributed by atoms with E-state index < -0.39 is 0 Å². The highest BCUT2D eigenvalue weighted by Crippen LogP contribution is 2.43. The molecule has 2 aliphatic rings. The summed E-state index contributed by atoms with van der Waals surface area (Å²) in [5.41, 5.74) is 1.01. The number of aryl methyl sites for hydroxylation is 1. The molecule has 0 radical (unpaired) electrons. The quantitative estimate of drug-likeness (QED) is 0.618. The molecule has 1 atom stereocenters. The first-order valence-electron chi connectivity index (χ1n) is 11.1. The SMILES string of the molecule is Cn1nc(NC(=O)N2CCC3(CC2)C[C@H](c2cccc(Oc4ccc(Cl)cn4)c2)CO3)n1C.